The molecule has 2 aromatic rings. The number of nitrogens with one attached hydrogen (secondary N) is 1. The first kappa shape index (κ1) is 22.7. The Hall–Kier alpha value is -3.57. The molecule has 156 valence electrons. The zero-order chi connectivity index (χ0) is 22.4. The predicted molar refractivity (Wildman–Crippen MR) is 112 cm³/mol. The van der Waals surface area contributed by atoms with Gasteiger partial charge in [-0.25, -0.2) is 0 Å². The molecule has 0 radical (unpaired) electrons. The van der Waals surface area contributed by atoms with Crippen LogP contribution in [0, 0.1) is 17.2 Å². The molecule has 0 spiro atoms. The summed E-state index contributed by atoms with van der Waals surface area (Å²) >= 11 is 6.40. The van der Waals surface area contributed by atoms with Crippen LogP contribution < -0.4 is 21.5 Å². The van der Waals surface area contributed by atoms with Gasteiger partial charge in [-0.1, -0.05) is 31.5 Å². The Balaban J connectivity index is 2.47. The first-order valence-corrected chi connectivity index (χ1v) is 9.37. The van der Waals surface area contributed by atoms with E-state index in [2.05, 4.69) is 5.32 Å². The highest BCUT2D eigenvalue weighted by Gasteiger charge is 2.18. The molecule has 0 heterocycles. The maximum atomic E-state index is 12.1. The molecule has 0 fully saturated rings. The molecular weight excluding hydrogens is 408 g/mol. The van der Waals surface area contributed by atoms with E-state index >= 15 is 0 Å². The van der Waals surface area contributed by atoms with Gasteiger partial charge in [0, 0.05) is 28.6 Å². The molecular formula is C21H21ClN4O4. The largest absolute Gasteiger partial charge is 0.483 e. The van der Waals surface area contributed by atoms with Crippen molar-refractivity contribution in [1.29, 1.82) is 5.26 Å². The van der Waals surface area contributed by atoms with Gasteiger partial charge in [-0.2, -0.15) is 5.26 Å². The third-order valence-electron chi connectivity index (χ3n) is 4.19. The van der Waals surface area contributed by atoms with Crippen LogP contribution in [-0.4, -0.2) is 24.3 Å². The molecule has 3 amide bonds. The van der Waals surface area contributed by atoms with Gasteiger partial charge < -0.3 is 21.5 Å². The average Bonchev–Trinajstić information content (AvgIpc) is 2.68. The van der Waals surface area contributed by atoms with Crippen molar-refractivity contribution in [1.82, 2.24) is 0 Å². The molecule has 2 rings (SSSR count). The number of ether oxygens (including phenoxy) is 1. The van der Waals surface area contributed by atoms with Gasteiger partial charge in [-0.15, -0.1) is 0 Å². The number of hydrogen-bond acceptors (Lipinski definition) is 5. The van der Waals surface area contributed by atoms with Crippen molar-refractivity contribution < 1.29 is 19.1 Å². The molecule has 0 aliphatic rings. The second kappa shape index (κ2) is 9.76. The normalized spacial score (nSPS) is 10.4. The van der Waals surface area contributed by atoms with Crippen molar-refractivity contribution in [2.75, 3.05) is 11.9 Å². The Morgan fingerprint density at radius 2 is 1.90 bits per heavy atom. The minimum Gasteiger partial charge on any atom is -0.483 e. The third kappa shape index (κ3) is 5.72. The fraction of sp³-hybridized carbons (Fsp3) is 0.238. The number of rotatable bonds is 8. The number of hydrogen-bond donors (Lipinski definition) is 3. The van der Waals surface area contributed by atoms with E-state index in [4.69, 9.17) is 33.1 Å². The van der Waals surface area contributed by atoms with Crippen molar-refractivity contribution in [3.05, 3.63) is 57.6 Å². The molecule has 0 aliphatic heterocycles. The van der Waals surface area contributed by atoms with Gasteiger partial charge in [0.2, 0.25) is 11.8 Å². The predicted octanol–water partition coefficient (Wildman–Crippen LogP) is 2.36. The van der Waals surface area contributed by atoms with E-state index in [1.165, 1.54) is 18.2 Å². The fourth-order valence-corrected chi connectivity index (χ4v) is 2.92. The van der Waals surface area contributed by atoms with E-state index in [-0.39, 0.29) is 41.2 Å². The molecule has 0 atom stereocenters. The lowest BCUT2D eigenvalue weighted by Gasteiger charge is -2.16. The smallest absolute Gasteiger partial charge is 0.255 e. The van der Waals surface area contributed by atoms with Crippen LogP contribution in [0.3, 0.4) is 0 Å². The van der Waals surface area contributed by atoms with E-state index in [1.807, 2.05) is 6.07 Å². The summed E-state index contributed by atoms with van der Waals surface area (Å²) in [5.74, 6) is -1.63. The molecule has 0 aromatic heterocycles. The summed E-state index contributed by atoms with van der Waals surface area (Å²) in [7, 11) is 0. The van der Waals surface area contributed by atoms with Crippen LogP contribution in [0.5, 0.6) is 5.75 Å². The summed E-state index contributed by atoms with van der Waals surface area (Å²) in [4.78, 5) is 35.1. The van der Waals surface area contributed by atoms with Crippen molar-refractivity contribution in [2.24, 2.45) is 17.4 Å². The van der Waals surface area contributed by atoms with Crippen LogP contribution in [-0.2, 0) is 16.0 Å². The molecule has 0 saturated heterocycles. The van der Waals surface area contributed by atoms with Crippen LogP contribution in [0.15, 0.2) is 30.3 Å². The molecule has 0 unspecified atom stereocenters. The molecule has 0 aliphatic carbocycles. The second-order valence-corrected chi connectivity index (χ2v) is 7.27. The number of nitrogens with zero attached hydrogens (tertiary/aromatic N) is 1. The lowest BCUT2D eigenvalue weighted by molar-refractivity contribution is -0.120. The van der Waals surface area contributed by atoms with E-state index in [0.29, 0.717) is 22.4 Å². The number of anilines is 1. The summed E-state index contributed by atoms with van der Waals surface area (Å²) in [6.45, 7) is 3.09. The van der Waals surface area contributed by atoms with Gasteiger partial charge in [0.05, 0.1) is 11.6 Å². The number of carbonyl (C=O) groups is 3. The maximum Gasteiger partial charge on any atom is 0.255 e. The number of carbonyl (C=O) groups excluding carboxylic acids is 3. The van der Waals surface area contributed by atoms with Gasteiger partial charge in [0.1, 0.15) is 5.75 Å². The van der Waals surface area contributed by atoms with Crippen LogP contribution in [0.1, 0.15) is 40.9 Å². The Labute approximate surface area is 178 Å². The molecule has 30 heavy (non-hydrogen) atoms. The van der Waals surface area contributed by atoms with E-state index in [0.717, 1.165) is 0 Å². The van der Waals surface area contributed by atoms with E-state index in [9.17, 15) is 14.4 Å². The zero-order valence-electron chi connectivity index (χ0n) is 16.5. The van der Waals surface area contributed by atoms with Crippen molar-refractivity contribution in [3.63, 3.8) is 0 Å². The number of amides is 3. The SMILES string of the molecule is CC(C)C(=O)Nc1cc(Cl)c(Cc2ccc(C#N)cc2OCC(N)=O)c(C(N)=O)c1. The lowest BCUT2D eigenvalue weighted by Crippen LogP contribution is -2.21. The molecule has 9 heteroatoms. The van der Waals surface area contributed by atoms with Gasteiger partial charge >= 0.3 is 0 Å². The van der Waals surface area contributed by atoms with Crippen LogP contribution in [0.4, 0.5) is 5.69 Å². The third-order valence-corrected chi connectivity index (χ3v) is 4.52. The van der Waals surface area contributed by atoms with E-state index in [1.54, 1.807) is 26.0 Å². The van der Waals surface area contributed by atoms with Crippen LogP contribution in [0.2, 0.25) is 5.02 Å². The quantitative estimate of drug-likeness (QED) is 0.590. The average molecular weight is 429 g/mol. The second-order valence-electron chi connectivity index (χ2n) is 6.86. The van der Waals surface area contributed by atoms with Gasteiger partial charge in [0.25, 0.3) is 5.91 Å². The Morgan fingerprint density at radius 1 is 1.20 bits per heavy atom. The first-order chi connectivity index (χ1) is 14.1. The zero-order valence-corrected chi connectivity index (χ0v) is 17.2. The highest BCUT2D eigenvalue weighted by Crippen LogP contribution is 2.31. The summed E-state index contributed by atoms with van der Waals surface area (Å²) in [6.07, 6.45) is 0.134. The van der Waals surface area contributed by atoms with Crippen LogP contribution >= 0.6 is 11.6 Å². The first-order valence-electron chi connectivity index (χ1n) is 8.99. The number of benzene rings is 2. The molecule has 8 nitrogen and oxygen atoms in total. The fourth-order valence-electron chi connectivity index (χ4n) is 2.64. The summed E-state index contributed by atoms with van der Waals surface area (Å²) in [5.41, 5.74) is 12.5. The van der Waals surface area contributed by atoms with Crippen LogP contribution in [0.25, 0.3) is 0 Å². The van der Waals surface area contributed by atoms with Gasteiger partial charge in [0.15, 0.2) is 6.61 Å². The minimum absolute atomic E-state index is 0.131. The Morgan fingerprint density at radius 3 is 2.47 bits per heavy atom. The van der Waals surface area contributed by atoms with E-state index < -0.39 is 11.8 Å². The van der Waals surface area contributed by atoms with Crippen molar-refractivity contribution >= 4 is 35.0 Å². The summed E-state index contributed by atoms with van der Waals surface area (Å²) in [6, 6.07) is 9.63. The summed E-state index contributed by atoms with van der Waals surface area (Å²) in [5, 5.41) is 12.0. The Bertz CT molecular complexity index is 1040. The number of nitriles is 1. The lowest BCUT2D eigenvalue weighted by atomic mass is 9.97. The number of halogens is 1. The summed E-state index contributed by atoms with van der Waals surface area (Å²) < 4.78 is 5.41. The van der Waals surface area contributed by atoms with Crippen molar-refractivity contribution in [2.45, 2.75) is 20.3 Å². The molecule has 0 bridgehead atoms. The van der Waals surface area contributed by atoms with Gasteiger partial charge in [-0.05, 0) is 35.4 Å². The van der Waals surface area contributed by atoms with Gasteiger partial charge in [-0.3, -0.25) is 14.4 Å². The highest BCUT2D eigenvalue weighted by molar-refractivity contribution is 6.32. The monoisotopic (exact) mass is 428 g/mol. The minimum atomic E-state index is -0.721. The molecule has 0 saturated carbocycles. The standard InChI is InChI=1S/C21H21ClN4O4/c1-11(2)21(29)26-14-7-16(20(25)28)15(17(22)8-14)6-13-4-3-12(9-23)5-18(13)30-10-19(24)27/h3-5,7-8,11H,6,10H2,1-2H3,(H2,24,27)(H2,25,28)(H,26,29). The Kier molecular flexibility index (Phi) is 7.39. The molecule has 5 N–H and O–H groups in total. The number of nitrogens with two attached hydrogens (primary N) is 2. The van der Waals surface area contributed by atoms with Crippen molar-refractivity contribution in [3.8, 4) is 11.8 Å². The maximum absolute atomic E-state index is 12.1. The number of primary amides is 2. The molecule has 2 aromatic carbocycles. The highest BCUT2D eigenvalue weighted by atomic mass is 35.5. The topological polar surface area (TPSA) is 148 Å².